The zero-order valence-corrected chi connectivity index (χ0v) is 19.3. The lowest BCUT2D eigenvalue weighted by Gasteiger charge is -2.20. The summed E-state index contributed by atoms with van der Waals surface area (Å²) in [5.74, 6) is 0.743. The van der Waals surface area contributed by atoms with E-state index in [1.807, 2.05) is 36.5 Å². The highest BCUT2D eigenvalue weighted by molar-refractivity contribution is 5.99. The summed E-state index contributed by atoms with van der Waals surface area (Å²) >= 11 is 0. The maximum absolute atomic E-state index is 12.0. The Morgan fingerprint density at radius 1 is 1.06 bits per heavy atom. The third kappa shape index (κ3) is 4.44. The molecule has 0 spiro atoms. The highest BCUT2D eigenvalue weighted by Crippen LogP contribution is 2.31. The standard InChI is InChI=1S/C28H26N6O/c1-2-17-6-5-7-19(14-17)25(33-20-10-11-21-18(15-20)12-13-31-26(21)29)28-32-16-24(34-28)22-8-3-4-9-23(22)27(30)35/h3-16,25,33H,2H2,1H3,(H2,29,31)(H2,30,35)(H,32,34). The number of primary amides is 1. The maximum atomic E-state index is 12.0. The Morgan fingerprint density at radius 3 is 2.74 bits per heavy atom. The molecule has 0 saturated carbocycles. The third-order valence-corrected chi connectivity index (χ3v) is 6.14. The number of H-pyrrole nitrogens is 1. The van der Waals surface area contributed by atoms with Gasteiger partial charge in [0, 0.05) is 34.6 Å². The van der Waals surface area contributed by atoms with E-state index < -0.39 is 5.91 Å². The molecular formula is C28H26N6O. The van der Waals surface area contributed by atoms with E-state index in [1.165, 1.54) is 5.56 Å². The van der Waals surface area contributed by atoms with Crippen LogP contribution in [0.5, 0.6) is 0 Å². The zero-order chi connectivity index (χ0) is 24.4. The molecule has 2 aromatic heterocycles. The maximum Gasteiger partial charge on any atom is 0.249 e. The lowest BCUT2D eigenvalue weighted by atomic mass is 10.0. The van der Waals surface area contributed by atoms with Crippen molar-refractivity contribution in [1.82, 2.24) is 15.0 Å². The van der Waals surface area contributed by atoms with E-state index in [1.54, 1.807) is 18.3 Å². The average molecular weight is 463 g/mol. The fraction of sp³-hybridized carbons (Fsp3) is 0.107. The first-order chi connectivity index (χ1) is 17.0. The van der Waals surface area contributed by atoms with Gasteiger partial charge in [-0.2, -0.15) is 0 Å². The lowest BCUT2D eigenvalue weighted by molar-refractivity contribution is 0.100. The number of benzene rings is 3. The van der Waals surface area contributed by atoms with E-state index in [2.05, 4.69) is 52.5 Å². The number of anilines is 2. The molecule has 6 N–H and O–H groups in total. The van der Waals surface area contributed by atoms with Crippen molar-refractivity contribution in [3.63, 3.8) is 0 Å². The van der Waals surface area contributed by atoms with Crippen LogP contribution in [-0.2, 0) is 6.42 Å². The van der Waals surface area contributed by atoms with Gasteiger partial charge in [0.25, 0.3) is 0 Å². The minimum Gasteiger partial charge on any atom is -0.383 e. The van der Waals surface area contributed by atoms with Crippen molar-refractivity contribution in [3.05, 3.63) is 108 Å². The first-order valence-electron chi connectivity index (χ1n) is 11.5. The Balaban J connectivity index is 1.57. The first-order valence-corrected chi connectivity index (χ1v) is 11.5. The Bertz CT molecular complexity index is 1520. The number of aryl methyl sites for hydroxylation is 1. The fourth-order valence-corrected chi connectivity index (χ4v) is 4.30. The minimum atomic E-state index is -0.486. The second-order valence-electron chi connectivity index (χ2n) is 8.39. The van der Waals surface area contributed by atoms with E-state index in [0.29, 0.717) is 22.6 Å². The van der Waals surface area contributed by atoms with Gasteiger partial charge in [-0.15, -0.1) is 0 Å². The second kappa shape index (κ2) is 9.30. The number of aromatic nitrogens is 3. The van der Waals surface area contributed by atoms with Gasteiger partial charge < -0.3 is 21.8 Å². The summed E-state index contributed by atoms with van der Waals surface area (Å²) in [6.45, 7) is 2.13. The number of nitrogens with zero attached hydrogens (tertiary/aromatic N) is 2. The SMILES string of the molecule is CCc1cccc(C(Nc2ccc3c(N)nccc3c2)c2nc(-c3ccccc3C(N)=O)c[nH]2)c1. The van der Waals surface area contributed by atoms with E-state index in [9.17, 15) is 4.79 Å². The summed E-state index contributed by atoms with van der Waals surface area (Å²) < 4.78 is 0. The van der Waals surface area contributed by atoms with E-state index >= 15 is 0 Å². The van der Waals surface area contributed by atoms with Crippen LogP contribution in [0.15, 0.2) is 85.2 Å². The molecule has 5 aromatic rings. The fourth-order valence-electron chi connectivity index (χ4n) is 4.30. The third-order valence-electron chi connectivity index (χ3n) is 6.14. The van der Waals surface area contributed by atoms with Gasteiger partial charge in [0.05, 0.1) is 5.69 Å². The number of nitrogen functional groups attached to an aromatic ring is 1. The molecule has 0 fully saturated rings. The number of fused-ring (bicyclic) bond motifs is 1. The number of hydrogen-bond donors (Lipinski definition) is 4. The van der Waals surface area contributed by atoms with Gasteiger partial charge in [-0.25, -0.2) is 9.97 Å². The number of aromatic amines is 1. The van der Waals surface area contributed by atoms with Crippen LogP contribution in [0.2, 0.25) is 0 Å². The van der Waals surface area contributed by atoms with E-state index in [-0.39, 0.29) is 6.04 Å². The molecule has 0 aliphatic rings. The molecule has 3 aromatic carbocycles. The van der Waals surface area contributed by atoms with Crippen LogP contribution in [0, 0.1) is 0 Å². The predicted molar refractivity (Wildman–Crippen MR) is 140 cm³/mol. The zero-order valence-electron chi connectivity index (χ0n) is 19.3. The second-order valence-corrected chi connectivity index (χ2v) is 8.39. The summed E-state index contributed by atoms with van der Waals surface area (Å²) in [4.78, 5) is 24.3. The van der Waals surface area contributed by atoms with Crippen molar-refractivity contribution >= 4 is 28.2 Å². The van der Waals surface area contributed by atoms with Crippen molar-refractivity contribution in [2.45, 2.75) is 19.4 Å². The monoisotopic (exact) mass is 462 g/mol. The first kappa shape index (κ1) is 22.2. The summed E-state index contributed by atoms with van der Waals surface area (Å²) in [5.41, 5.74) is 16.6. The molecule has 2 heterocycles. The molecule has 174 valence electrons. The summed E-state index contributed by atoms with van der Waals surface area (Å²) in [6.07, 6.45) is 4.44. The Kier molecular flexibility index (Phi) is 5.89. The summed E-state index contributed by atoms with van der Waals surface area (Å²) in [7, 11) is 0. The summed E-state index contributed by atoms with van der Waals surface area (Å²) in [5, 5.41) is 5.54. The number of nitrogens with one attached hydrogen (secondary N) is 2. The molecule has 1 amide bonds. The van der Waals surface area contributed by atoms with Crippen LogP contribution in [-0.4, -0.2) is 20.9 Å². The number of hydrogen-bond acceptors (Lipinski definition) is 5. The largest absolute Gasteiger partial charge is 0.383 e. The van der Waals surface area contributed by atoms with Crippen LogP contribution in [0.4, 0.5) is 11.5 Å². The van der Waals surface area contributed by atoms with Crippen LogP contribution >= 0.6 is 0 Å². The highest BCUT2D eigenvalue weighted by Gasteiger charge is 2.20. The quantitative estimate of drug-likeness (QED) is 0.269. The number of nitrogens with two attached hydrogens (primary N) is 2. The van der Waals surface area contributed by atoms with Crippen molar-refractivity contribution in [3.8, 4) is 11.3 Å². The smallest absolute Gasteiger partial charge is 0.249 e. The lowest BCUT2D eigenvalue weighted by Crippen LogP contribution is -2.14. The van der Waals surface area contributed by atoms with E-state index in [0.717, 1.165) is 34.3 Å². The Hall–Kier alpha value is -4.65. The van der Waals surface area contributed by atoms with Gasteiger partial charge in [-0.05, 0) is 53.3 Å². The summed E-state index contributed by atoms with van der Waals surface area (Å²) in [6, 6.07) is 23.3. The number of rotatable bonds is 7. The minimum absolute atomic E-state index is 0.257. The van der Waals surface area contributed by atoms with Gasteiger partial charge in [-0.1, -0.05) is 49.4 Å². The number of amides is 1. The Morgan fingerprint density at radius 2 is 1.91 bits per heavy atom. The van der Waals surface area contributed by atoms with Crippen molar-refractivity contribution < 1.29 is 4.79 Å². The molecule has 35 heavy (non-hydrogen) atoms. The number of imidazole rings is 1. The normalized spacial score (nSPS) is 11.9. The molecule has 0 bridgehead atoms. The predicted octanol–water partition coefficient (Wildman–Crippen LogP) is 5.07. The molecule has 1 unspecified atom stereocenters. The van der Waals surface area contributed by atoms with Crippen LogP contribution in [0.25, 0.3) is 22.0 Å². The van der Waals surface area contributed by atoms with Crippen LogP contribution in [0.3, 0.4) is 0 Å². The van der Waals surface area contributed by atoms with Crippen molar-refractivity contribution in [2.75, 3.05) is 11.1 Å². The number of carbonyl (C=O) groups excluding carboxylic acids is 1. The highest BCUT2D eigenvalue weighted by atomic mass is 16.1. The van der Waals surface area contributed by atoms with Gasteiger partial charge in [0.1, 0.15) is 17.7 Å². The van der Waals surface area contributed by atoms with Gasteiger partial charge in [0.15, 0.2) is 0 Å². The molecule has 0 radical (unpaired) electrons. The molecule has 0 saturated heterocycles. The molecular weight excluding hydrogens is 436 g/mol. The number of carbonyl (C=O) groups is 1. The number of pyridine rings is 1. The topological polar surface area (TPSA) is 123 Å². The molecule has 0 aliphatic carbocycles. The molecule has 7 heteroatoms. The molecule has 1 atom stereocenters. The molecule has 0 aliphatic heterocycles. The van der Waals surface area contributed by atoms with E-state index in [4.69, 9.17) is 16.5 Å². The average Bonchev–Trinajstić information content (AvgIpc) is 3.37. The van der Waals surface area contributed by atoms with Crippen LogP contribution < -0.4 is 16.8 Å². The van der Waals surface area contributed by atoms with Crippen LogP contribution in [0.1, 0.15) is 40.3 Å². The van der Waals surface area contributed by atoms with Gasteiger partial charge in [-0.3, -0.25) is 4.79 Å². The van der Waals surface area contributed by atoms with Gasteiger partial charge in [0.2, 0.25) is 5.91 Å². The van der Waals surface area contributed by atoms with Crippen molar-refractivity contribution in [2.24, 2.45) is 5.73 Å². The molecule has 7 nitrogen and oxygen atoms in total. The molecule has 5 rings (SSSR count). The Labute approximate surface area is 203 Å². The van der Waals surface area contributed by atoms with Crippen molar-refractivity contribution in [1.29, 1.82) is 0 Å². The van der Waals surface area contributed by atoms with Gasteiger partial charge >= 0.3 is 0 Å².